The maximum Gasteiger partial charge on any atom is 0.139 e. The van der Waals surface area contributed by atoms with Crippen LogP contribution in [0.2, 0.25) is 0 Å². The highest BCUT2D eigenvalue weighted by Gasteiger charge is 2.53. The first-order chi connectivity index (χ1) is 10.3. The van der Waals surface area contributed by atoms with E-state index in [-0.39, 0.29) is 18.0 Å². The van der Waals surface area contributed by atoms with Gasteiger partial charge in [-0.1, -0.05) is 60.7 Å². The van der Waals surface area contributed by atoms with Crippen molar-refractivity contribution in [2.45, 2.75) is 24.9 Å². The van der Waals surface area contributed by atoms with Crippen LogP contribution in [0.1, 0.15) is 30.5 Å². The van der Waals surface area contributed by atoms with Gasteiger partial charge in [-0.15, -0.1) is 0 Å². The van der Waals surface area contributed by atoms with E-state index < -0.39 is 0 Å². The van der Waals surface area contributed by atoms with Crippen molar-refractivity contribution in [3.05, 3.63) is 71.8 Å². The molecule has 2 aromatic carbocycles. The molecule has 0 radical (unpaired) electrons. The topological polar surface area (TPSA) is 21.7 Å². The number of hydrogen-bond acceptors (Lipinski definition) is 3. The van der Waals surface area contributed by atoms with Crippen molar-refractivity contribution < 1.29 is 9.47 Å². The number of rotatable bonds is 2. The van der Waals surface area contributed by atoms with E-state index in [0.717, 1.165) is 0 Å². The molecule has 0 saturated carbocycles. The lowest BCUT2D eigenvalue weighted by Gasteiger charge is -2.31. The number of nitrogens with zero attached hydrogens (tertiary/aromatic N) is 1. The number of hydrogen-bond donors (Lipinski definition) is 0. The second-order valence-electron chi connectivity index (χ2n) is 6.05. The fraction of sp³-hybridized carbons (Fsp3) is 0.333. The molecule has 108 valence electrons. The highest BCUT2D eigenvalue weighted by atomic mass is 16.6. The van der Waals surface area contributed by atoms with Crippen LogP contribution in [0.15, 0.2) is 60.7 Å². The Morgan fingerprint density at radius 3 is 1.67 bits per heavy atom. The zero-order valence-electron chi connectivity index (χ0n) is 12.1. The summed E-state index contributed by atoms with van der Waals surface area (Å²) in [6, 6.07) is 20.8. The lowest BCUT2D eigenvalue weighted by Crippen LogP contribution is -2.41. The average Bonchev–Trinajstić information content (AvgIpc) is 3.04. The fourth-order valence-corrected chi connectivity index (χ4v) is 3.31. The third kappa shape index (κ3) is 2.09. The van der Waals surface area contributed by atoms with E-state index in [2.05, 4.69) is 60.4 Å². The molecule has 2 unspecified atom stereocenters. The summed E-state index contributed by atoms with van der Waals surface area (Å²) in [5, 5.41) is 0. The minimum Gasteiger partial charge on any atom is -0.357 e. The van der Waals surface area contributed by atoms with Crippen molar-refractivity contribution in [2.24, 2.45) is 0 Å². The molecular weight excluding hydrogens is 262 g/mol. The molecule has 2 aliphatic rings. The zero-order chi connectivity index (χ0) is 14.3. The molecule has 0 spiro atoms. The maximum absolute atomic E-state index is 6.11. The van der Waals surface area contributed by atoms with Crippen LogP contribution in [0, 0.1) is 0 Å². The number of fused-ring (bicyclic) bond motifs is 1. The zero-order valence-corrected chi connectivity index (χ0v) is 12.1. The van der Waals surface area contributed by atoms with Crippen LogP contribution >= 0.6 is 0 Å². The van der Waals surface area contributed by atoms with Crippen molar-refractivity contribution in [1.29, 1.82) is 0 Å². The second-order valence-corrected chi connectivity index (χ2v) is 6.05. The van der Waals surface area contributed by atoms with Gasteiger partial charge in [0.25, 0.3) is 0 Å². The van der Waals surface area contributed by atoms with Crippen molar-refractivity contribution >= 4 is 0 Å². The van der Waals surface area contributed by atoms with Gasteiger partial charge in [0.15, 0.2) is 0 Å². The third-order valence-electron chi connectivity index (χ3n) is 4.40. The SMILES string of the molecule is CC12COC(c3ccccc3)N1C(c1ccccc1)OC2. The van der Waals surface area contributed by atoms with Crippen LogP contribution in [0.25, 0.3) is 0 Å². The Morgan fingerprint density at radius 1 is 0.810 bits per heavy atom. The molecule has 21 heavy (non-hydrogen) atoms. The molecule has 0 aliphatic carbocycles. The first kappa shape index (κ1) is 13.0. The Bertz CT molecular complexity index is 562. The van der Waals surface area contributed by atoms with E-state index in [1.165, 1.54) is 11.1 Å². The van der Waals surface area contributed by atoms with E-state index in [1.54, 1.807) is 0 Å². The van der Waals surface area contributed by atoms with Gasteiger partial charge in [-0.05, 0) is 18.1 Å². The van der Waals surface area contributed by atoms with Gasteiger partial charge in [-0.25, -0.2) is 4.90 Å². The smallest absolute Gasteiger partial charge is 0.139 e. The van der Waals surface area contributed by atoms with Crippen molar-refractivity contribution in [3.63, 3.8) is 0 Å². The molecule has 2 aromatic rings. The van der Waals surface area contributed by atoms with Crippen molar-refractivity contribution in [2.75, 3.05) is 13.2 Å². The molecule has 0 bridgehead atoms. The van der Waals surface area contributed by atoms with Gasteiger partial charge < -0.3 is 9.47 Å². The van der Waals surface area contributed by atoms with Crippen LogP contribution < -0.4 is 0 Å². The van der Waals surface area contributed by atoms with Crippen molar-refractivity contribution in [1.82, 2.24) is 4.90 Å². The fourth-order valence-electron chi connectivity index (χ4n) is 3.31. The van der Waals surface area contributed by atoms with E-state index in [9.17, 15) is 0 Å². The molecule has 3 nitrogen and oxygen atoms in total. The normalized spacial score (nSPS) is 32.2. The van der Waals surface area contributed by atoms with Gasteiger partial charge in [0, 0.05) is 0 Å². The first-order valence-electron chi connectivity index (χ1n) is 7.39. The van der Waals surface area contributed by atoms with Gasteiger partial charge in [0.2, 0.25) is 0 Å². The lowest BCUT2D eigenvalue weighted by molar-refractivity contribution is -0.0616. The monoisotopic (exact) mass is 281 g/mol. The summed E-state index contributed by atoms with van der Waals surface area (Å²) in [5.74, 6) is 0. The predicted octanol–water partition coefficient (Wildman–Crippen LogP) is 3.51. The predicted molar refractivity (Wildman–Crippen MR) is 80.5 cm³/mol. The highest BCUT2D eigenvalue weighted by molar-refractivity contribution is 5.24. The second kappa shape index (κ2) is 4.95. The van der Waals surface area contributed by atoms with Crippen LogP contribution in [-0.2, 0) is 9.47 Å². The van der Waals surface area contributed by atoms with Gasteiger partial charge >= 0.3 is 0 Å². The van der Waals surface area contributed by atoms with Crippen LogP contribution in [0.3, 0.4) is 0 Å². The molecule has 2 aliphatic heterocycles. The molecule has 2 saturated heterocycles. The summed E-state index contributed by atoms with van der Waals surface area (Å²) in [4.78, 5) is 2.37. The maximum atomic E-state index is 6.11. The molecule has 0 aromatic heterocycles. The molecule has 0 amide bonds. The Balaban J connectivity index is 1.72. The minimum absolute atomic E-state index is 0.0380. The summed E-state index contributed by atoms with van der Waals surface area (Å²) in [5.41, 5.74) is 2.32. The van der Waals surface area contributed by atoms with E-state index in [0.29, 0.717) is 13.2 Å². The lowest BCUT2D eigenvalue weighted by atomic mass is 10.0. The standard InChI is InChI=1S/C18H19NO2/c1-18-12-20-16(14-8-4-2-5-9-14)19(18)17(21-13-18)15-10-6-3-7-11-15/h2-11,16-17H,12-13H2,1H3. The summed E-state index contributed by atoms with van der Waals surface area (Å²) in [6.45, 7) is 3.63. The molecular formula is C18H19NO2. The van der Waals surface area contributed by atoms with Crippen molar-refractivity contribution in [3.8, 4) is 0 Å². The van der Waals surface area contributed by atoms with E-state index in [4.69, 9.17) is 9.47 Å². The van der Waals surface area contributed by atoms with Gasteiger partial charge in [-0.2, -0.15) is 0 Å². The third-order valence-corrected chi connectivity index (χ3v) is 4.40. The number of ether oxygens (including phenoxy) is 2. The summed E-state index contributed by atoms with van der Waals surface area (Å²) in [6.07, 6.45) is -0.0761. The highest BCUT2D eigenvalue weighted by Crippen LogP contribution is 2.48. The van der Waals surface area contributed by atoms with Crippen LogP contribution in [-0.4, -0.2) is 23.7 Å². The quantitative estimate of drug-likeness (QED) is 0.841. The minimum atomic E-state index is -0.0545. The Hall–Kier alpha value is -1.68. The van der Waals surface area contributed by atoms with Gasteiger partial charge in [0.1, 0.15) is 12.5 Å². The molecule has 3 heteroatoms. The van der Waals surface area contributed by atoms with Crippen LogP contribution in [0.4, 0.5) is 0 Å². The Kier molecular flexibility index (Phi) is 3.07. The molecule has 2 fully saturated rings. The Morgan fingerprint density at radius 2 is 1.24 bits per heavy atom. The molecule has 4 rings (SSSR count). The summed E-state index contributed by atoms with van der Waals surface area (Å²) >= 11 is 0. The number of benzene rings is 2. The Labute approximate surface area is 125 Å². The summed E-state index contributed by atoms with van der Waals surface area (Å²) in [7, 11) is 0. The summed E-state index contributed by atoms with van der Waals surface area (Å²) < 4.78 is 12.2. The van der Waals surface area contributed by atoms with Gasteiger partial charge in [-0.3, -0.25) is 0 Å². The molecule has 2 atom stereocenters. The van der Waals surface area contributed by atoms with E-state index >= 15 is 0 Å². The largest absolute Gasteiger partial charge is 0.357 e. The average molecular weight is 281 g/mol. The van der Waals surface area contributed by atoms with Crippen LogP contribution in [0.5, 0.6) is 0 Å². The molecule has 2 heterocycles. The first-order valence-corrected chi connectivity index (χ1v) is 7.39. The van der Waals surface area contributed by atoms with E-state index in [1.807, 2.05) is 12.1 Å². The molecule has 0 N–H and O–H groups in total. The van der Waals surface area contributed by atoms with Gasteiger partial charge in [0.05, 0.1) is 18.8 Å².